The molecule has 0 saturated carbocycles. The zero-order valence-electron chi connectivity index (χ0n) is 15.5. The molecule has 1 N–H and O–H groups in total. The van der Waals surface area contributed by atoms with Crippen molar-refractivity contribution in [1.29, 1.82) is 0 Å². The van der Waals surface area contributed by atoms with Gasteiger partial charge in [-0.2, -0.15) is 0 Å². The summed E-state index contributed by atoms with van der Waals surface area (Å²) in [4.78, 5) is 14.2. The van der Waals surface area contributed by atoms with E-state index in [9.17, 15) is 9.90 Å². The Kier molecular flexibility index (Phi) is 5.71. The number of benzene rings is 2. The van der Waals surface area contributed by atoms with Gasteiger partial charge in [0, 0.05) is 37.2 Å². The molecule has 0 aliphatic carbocycles. The first-order valence-corrected chi connectivity index (χ1v) is 9.43. The molecule has 0 amide bonds. The molecular formula is C22H23NO5. The number of morpholine rings is 1. The minimum absolute atomic E-state index is 0.172. The Morgan fingerprint density at radius 1 is 1.07 bits per heavy atom. The van der Waals surface area contributed by atoms with Crippen molar-refractivity contribution in [2.24, 2.45) is 0 Å². The number of aliphatic hydroxyl groups is 1. The molecule has 1 aliphatic rings. The van der Waals surface area contributed by atoms with Gasteiger partial charge in [0.15, 0.2) is 0 Å². The van der Waals surface area contributed by atoms with E-state index in [4.69, 9.17) is 13.9 Å². The molecule has 146 valence electrons. The van der Waals surface area contributed by atoms with E-state index in [1.165, 1.54) is 6.07 Å². The lowest BCUT2D eigenvalue weighted by atomic mass is 10.0. The quantitative estimate of drug-likeness (QED) is 0.662. The number of rotatable bonds is 6. The summed E-state index contributed by atoms with van der Waals surface area (Å²) in [5.74, 6) is 0.557. The zero-order chi connectivity index (χ0) is 19.3. The number of hydrogen-bond donors (Lipinski definition) is 1. The van der Waals surface area contributed by atoms with Crippen LogP contribution in [0.4, 0.5) is 0 Å². The highest BCUT2D eigenvalue weighted by atomic mass is 16.5. The molecular weight excluding hydrogens is 358 g/mol. The Labute approximate surface area is 162 Å². The van der Waals surface area contributed by atoms with Gasteiger partial charge in [-0.25, -0.2) is 4.79 Å². The summed E-state index contributed by atoms with van der Waals surface area (Å²) in [6, 6.07) is 16.6. The van der Waals surface area contributed by atoms with Crippen LogP contribution in [0.5, 0.6) is 5.75 Å². The van der Waals surface area contributed by atoms with Crippen molar-refractivity contribution in [3.05, 3.63) is 65.0 Å². The Morgan fingerprint density at radius 2 is 1.86 bits per heavy atom. The molecule has 0 spiro atoms. The van der Waals surface area contributed by atoms with Crippen molar-refractivity contribution in [2.45, 2.75) is 6.10 Å². The summed E-state index contributed by atoms with van der Waals surface area (Å²) in [6.07, 6.45) is -0.601. The number of ether oxygens (including phenoxy) is 2. The van der Waals surface area contributed by atoms with Gasteiger partial charge in [0.05, 0.1) is 13.2 Å². The summed E-state index contributed by atoms with van der Waals surface area (Å²) in [5.41, 5.74) is 1.84. The van der Waals surface area contributed by atoms with Crippen LogP contribution in [0.3, 0.4) is 0 Å². The second-order valence-corrected chi connectivity index (χ2v) is 6.88. The monoisotopic (exact) mass is 381 g/mol. The van der Waals surface area contributed by atoms with E-state index in [1.807, 2.05) is 42.5 Å². The predicted molar refractivity (Wildman–Crippen MR) is 107 cm³/mol. The van der Waals surface area contributed by atoms with Gasteiger partial charge in [0.25, 0.3) is 0 Å². The summed E-state index contributed by atoms with van der Waals surface area (Å²) < 4.78 is 16.4. The van der Waals surface area contributed by atoms with Gasteiger partial charge >= 0.3 is 5.63 Å². The lowest BCUT2D eigenvalue weighted by molar-refractivity contribution is 0.00466. The Hall–Kier alpha value is -2.67. The summed E-state index contributed by atoms with van der Waals surface area (Å²) in [6.45, 7) is 3.75. The number of hydrogen-bond acceptors (Lipinski definition) is 6. The molecule has 1 fully saturated rings. The molecule has 4 rings (SSSR count). The number of fused-ring (bicyclic) bond motifs is 1. The van der Waals surface area contributed by atoms with Crippen molar-refractivity contribution < 1.29 is 19.0 Å². The summed E-state index contributed by atoms with van der Waals surface area (Å²) in [7, 11) is 0. The van der Waals surface area contributed by atoms with Crippen LogP contribution in [-0.4, -0.2) is 55.6 Å². The van der Waals surface area contributed by atoms with Crippen molar-refractivity contribution in [3.8, 4) is 16.9 Å². The van der Waals surface area contributed by atoms with Crippen molar-refractivity contribution in [1.82, 2.24) is 4.90 Å². The standard InChI is InChI=1S/C22H23NO5/c24-17(14-23-8-10-26-11-9-23)15-27-18-6-7-19-20(16-4-2-1-3-5-16)13-22(25)28-21(19)12-18/h1-7,12-13,17,24H,8-11,14-15H2. The third-order valence-electron chi connectivity index (χ3n) is 4.82. The van der Waals surface area contributed by atoms with Crippen LogP contribution in [-0.2, 0) is 4.74 Å². The van der Waals surface area contributed by atoms with Crippen LogP contribution in [0.25, 0.3) is 22.1 Å². The second-order valence-electron chi connectivity index (χ2n) is 6.88. The van der Waals surface area contributed by atoms with Crippen LogP contribution < -0.4 is 10.4 Å². The normalized spacial score (nSPS) is 16.2. The third kappa shape index (κ3) is 4.42. The maximum Gasteiger partial charge on any atom is 0.336 e. The first-order valence-electron chi connectivity index (χ1n) is 9.43. The molecule has 6 heteroatoms. The average molecular weight is 381 g/mol. The van der Waals surface area contributed by atoms with E-state index in [1.54, 1.807) is 6.07 Å². The second kappa shape index (κ2) is 8.56. The molecule has 6 nitrogen and oxygen atoms in total. The molecule has 1 aromatic heterocycles. The fraction of sp³-hybridized carbons (Fsp3) is 0.318. The van der Waals surface area contributed by atoms with E-state index in [0.717, 1.165) is 29.6 Å². The van der Waals surface area contributed by atoms with Gasteiger partial charge < -0.3 is 19.0 Å². The minimum atomic E-state index is -0.601. The fourth-order valence-corrected chi connectivity index (χ4v) is 3.42. The van der Waals surface area contributed by atoms with Crippen molar-refractivity contribution in [2.75, 3.05) is 39.5 Å². The maximum absolute atomic E-state index is 12.0. The average Bonchev–Trinajstić information content (AvgIpc) is 2.73. The lowest BCUT2D eigenvalue weighted by Crippen LogP contribution is -2.42. The Balaban J connectivity index is 1.49. The molecule has 1 saturated heterocycles. The zero-order valence-corrected chi connectivity index (χ0v) is 15.5. The van der Waals surface area contributed by atoms with Crippen LogP contribution >= 0.6 is 0 Å². The van der Waals surface area contributed by atoms with Crippen molar-refractivity contribution >= 4 is 11.0 Å². The van der Waals surface area contributed by atoms with Gasteiger partial charge in [0.1, 0.15) is 24.0 Å². The topological polar surface area (TPSA) is 72.1 Å². The molecule has 1 aliphatic heterocycles. The highest BCUT2D eigenvalue weighted by Crippen LogP contribution is 2.29. The van der Waals surface area contributed by atoms with E-state index in [0.29, 0.717) is 31.1 Å². The first kappa shape index (κ1) is 18.7. The predicted octanol–water partition coefficient (Wildman–Crippen LogP) is 2.53. The van der Waals surface area contributed by atoms with Crippen LogP contribution in [0.15, 0.2) is 63.8 Å². The van der Waals surface area contributed by atoms with E-state index in [-0.39, 0.29) is 6.61 Å². The Morgan fingerprint density at radius 3 is 2.64 bits per heavy atom. The number of β-amino-alcohol motifs (C(OH)–C–C–N with tert-alkyl or cyclic N) is 1. The molecule has 2 heterocycles. The molecule has 3 aromatic rings. The molecule has 1 atom stereocenters. The maximum atomic E-state index is 12.0. The largest absolute Gasteiger partial charge is 0.491 e. The van der Waals surface area contributed by atoms with Gasteiger partial charge in [-0.3, -0.25) is 4.90 Å². The highest BCUT2D eigenvalue weighted by molar-refractivity contribution is 5.93. The number of nitrogens with zero attached hydrogens (tertiary/aromatic N) is 1. The smallest absolute Gasteiger partial charge is 0.336 e. The highest BCUT2D eigenvalue weighted by Gasteiger charge is 2.16. The molecule has 28 heavy (non-hydrogen) atoms. The summed E-state index contributed by atoms with van der Waals surface area (Å²) >= 11 is 0. The molecule has 0 radical (unpaired) electrons. The van der Waals surface area contributed by atoms with Gasteiger partial charge in [-0.15, -0.1) is 0 Å². The molecule has 1 unspecified atom stereocenters. The number of aliphatic hydroxyl groups excluding tert-OH is 1. The van der Waals surface area contributed by atoms with Crippen LogP contribution in [0.1, 0.15) is 0 Å². The van der Waals surface area contributed by atoms with Crippen molar-refractivity contribution in [3.63, 3.8) is 0 Å². The van der Waals surface area contributed by atoms with E-state index in [2.05, 4.69) is 4.90 Å². The van der Waals surface area contributed by atoms with Gasteiger partial charge in [-0.05, 0) is 23.3 Å². The van der Waals surface area contributed by atoms with Gasteiger partial charge in [-0.1, -0.05) is 30.3 Å². The molecule has 0 bridgehead atoms. The van der Waals surface area contributed by atoms with E-state index < -0.39 is 11.7 Å². The minimum Gasteiger partial charge on any atom is -0.491 e. The first-order chi connectivity index (χ1) is 13.7. The van der Waals surface area contributed by atoms with Crippen LogP contribution in [0.2, 0.25) is 0 Å². The fourth-order valence-electron chi connectivity index (χ4n) is 3.42. The Bertz CT molecular complexity index is 979. The van der Waals surface area contributed by atoms with E-state index >= 15 is 0 Å². The third-order valence-corrected chi connectivity index (χ3v) is 4.82. The SMILES string of the molecule is O=c1cc(-c2ccccc2)c2ccc(OCC(O)CN3CCOCC3)cc2o1. The van der Waals surface area contributed by atoms with Gasteiger partial charge in [0.2, 0.25) is 0 Å². The lowest BCUT2D eigenvalue weighted by Gasteiger charge is -2.28. The molecule has 2 aromatic carbocycles. The van der Waals surface area contributed by atoms with Crippen LogP contribution in [0, 0.1) is 0 Å². The summed E-state index contributed by atoms with van der Waals surface area (Å²) in [5, 5.41) is 11.1.